The van der Waals surface area contributed by atoms with Crippen molar-refractivity contribution in [1.82, 2.24) is 10.0 Å². The zero-order chi connectivity index (χ0) is 11.6. The molecule has 90 valence electrons. The number of rotatable bonds is 6. The molecule has 0 amide bonds. The number of hydrogen-bond acceptors (Lipinski definition) is 3. The molecule has 3 unspecified atom stereocenters. The van der Waals surface area contributed by atoms with Crippen molar-refractivity contribution in [2.24, 2.45) is 5.92 Å². The van der Waals surface area contributed by atoms with Gasteiger partial charge in [0.25, 0.3) is 0 Å². The van der Waals surface area contributed by atoms with Crippen molar-refractivity contribution in [1.29, 1.82) is 0 Å². The quantitative estimate of drug-likeness (QED) is 0.711. The fourth-order valence-corrected chi connectivity index (χ4v) is 2.62. The molecule has 1 aliphatic carbocycles. The minimum Gasteiger partial charge on any atom is -0.313 e. The van der Waals surface area contributed by atoms with Gasteiger partial charge in [0.15, 0.2) is 0 Å². The van der Waals surface area contributed by atoms with E-state index >= 15 is 0 Å². The second kappa shape index (κ2) is 4.80. The third-order valence-electron chi connectivity index (χ3n) is 2.77. The normalized spacial score (nSPS) is 28.1. The standard InChI is InChI=1S/C10H22N2O2S/c1-7(2)11-6-9(4)15(13,14)12-10-5-8(10)3/h7-12H,5-6H2,1-4H3. The minimum atomic E-state index is -3.14. The Balaban J connectivity index is 2.39. The van der Waals surface area contributed by atoms with Crippen LogP contribution < -0.4 is 10.0 Å². The second-order valence-electron chi connectivity index (χ2n) is 4.86. The van der Waals surface area contributed by atoms with Crippen LogP contribution in [0, 0.1) is 5.92 Å². The van der Waals surface area contributed by atoms with E-state index in [1.165, 1.54) is 0 Å². The maximum Gasteiger partial charge on any atom is 0.215 e. The van der Waals surface area contributed by atoms with E-state index in [1.807, 2.05) is 13.8 Å². The van der Waals surface area contributed by atoms with Crippen LogP contribution in [-0.2, 0) is 10.0 Å². The molecule has 5 heteroatoms. The Morgan fingerprint density at radius 2 is 1.87 bits per heavy atom. The highest BCUT2D eigenvalue weighted by Gasteiger charge is 2.37. The van der Waals surface area contributed by atoms with Crippen molar-refractivity contribution in [2.45, 2.75) is 51.4 Å². The third kappa shape index (κ3) is 4.09. The molecule has 4 nitrogen and oxygen atoms in total. The van der Waals surface area contributed by atoms with Gasteiger partial charge in [-0.1, -0.05) is 20.8 Å². The molecular weight excluding hydrogens is 212 g/mol. The van der Waals surface area contributed by atoms with Gasteiger partial charge < -0.3 is 5.32 Å². The van der Waals surface area contributed by atoms with Gasteiger partial charge in [0.05, 0.1) is 5.25 Å². The summed E-state index contributed by atoms with van der Waals surface area (Å²) in [6, 6.07) is 0.499. The molecule has 0 radical (unpaired) electrons. The first-order chi connectivity index (χ1) is 6.83. The van der Waals surface area contributed by atoms with Crippen LogP contribution in [-0.4, -0.2) is 32.3 Å². The zero-order valence-electron chi connectivity index (χ0n) is 9.95. The first-order valence-electron chi connectivity index (χ1n) is 5.57. The molecule has 0 aromatic rings. The van der Waals surface area contributed by atoms with Gasteiger partial charge in [0.1, 0.15) is 0 Å². The molecule has 0 bridgehead atoms. The van der Waals surface area contributed by atoms with Gasteiger partial charge >= 0.3 is 0 Å². The summed E-state index contributed by atoms with van der Waals surface area (Å²) >= 11 is 0. The smallest absolute Gasteiger partial charge is 0.215 e. The van der Waals surface area contributed by atoms with Crippen LogP contribution in [0.3, 0.4) is 0 Å². The van der Waals surface area contributed by atoms with E-state index in [0.717, 1.165) is 6.42 Å². The molecular formula is C10H22N2O2S. The molecule has 15 heavy (non-hydrogen) atoms. The van der Waals surface area contributed by atoms with Crippen LogP contribution >= 0.6 is 0 Å². The Hall–Kier alpha value is -0.130. The third-order valence-corrected chi connectivity index (χ3v) is 4.63. The van der Waals surface area contributed by atoms with Crippen molar-refractivity contribution in [3.05, 3.63) is 0 Å². The highest BCUT2D eigenvalue weighted by molar-refractivity contribution is 7.90. The Morgan fingerprint density at radius 1 is 1.33 bits per heavy atom. The molecule has 3 atom stereocenters. The van der Waals surface area contributed by atoms with Crippen LogP contribution in [0.25, 0.3) is 0 Å². The van der Waals surface area contributed by atoms with E-state index in [4.69, 9.17) is 0 Å². The van der Waals surface area contributed by atoms with E-state index in [-0.39, 0.29) is 11.3 Å². The van der Waals surface area contributed by atoms with Crippen LogP contribution in [0.15, 0.2) is 0 Å². The summed E-state index contributed by atoms with van der Waals surface area (Å²) in [4.78, 5) is 0. The Bertz CT molecular complexity index is 301. The molecule has 0 saturated heterocycles. The lowest BCUT2D eigenvalue weighted by atomic mass is 10.3. The SMILES string of the molecule is CC(C)NCC(C)S(=O)(=O)NC1CC1C. The van der Waals surface area contributed by atoms with Crippen molar-refractivity contribution in [3.8, 4) is 0 Å². The largest absolute Gasteiger partial charge is 0.313 e. The predicted molar refractivity (Wildman–Crippen MR) is 62.2 cm³/mol. The lowest BCUT2D eigenvalue weighted by Gasteiger charge is -2.16. The number of sulfonamides is 1. The molecule has 0 spiro atoms. The summed E-state index contributed by atoms with van der Waals surface area (Å²) in [5.41, 5.74) is 0. The van der Waals surface area contributed by atoms with E-state index in [9.17, 15) is 8.42 Å². The number of nitrogens with one attached hydrogen (secondary N) is 2. The molecule has 0 aromatic carbocycles. The lowest BCUT2D eigenvalue weighted by Crippen LogP contribution is -2.41. The van der Waals surface area contributed by atoms with E-state index in [2.05, 4.69) is 17.0 Å². The zero-order valence-corrected chi connectivity index (χ0v) is 10.8. The van der Waals surface area contributed by atoms with Gasteiger partial charge in [0.2, 0.25) is 10.0 Å². The van der Waals surface area contributed by atoms with E-state index in [0.29, 0.717) is 18.5 Å². The molecule has 0 aliphatic heterocycles. The lowest BCUT2D eigenvalue weighted by molar-refractivity contribution is 0.538. The average molecular weight is 234 g/mol. The molecule has 0 heterocycles. The van der Waals surface area contributed by atoms with Crippen molar-refractivity contribution < 1.29 is 8.42 Å². The Kier molecular flexibility index (Phi) is 4.14. The molecule has 1 rings (SSSR count). The molecule has 1 aliphatic rings. The monoisotopic (exact) mass is 234 g/mol. The average Bonchev–Trinajstić information content (AvgIpc) is 2.76. The van der Waals surface area contributed by atoms with Crippen LogP contribution in [0.4, 0.5) is 0 Å². The molecule has 1 saturated carbocycles. The minimum absolute atomic E-state index is 0.177. The van der Waals surface area contributed by atoms with Gasteiger partial charge in [-0.25, -0.2) is 13.1 Å². The maximum atomic E-state index is 11.8. The van der Waals surface area contributed by atoms with Gasteiger partial charge in [-0.15, -0.1) is 0 Å². The highest BCUT2D eigenvalue weighted by Crippen LogP contribution is 2.30. The predicted octanol–water partition coefficient (Wildman–Crippen LogP) is 0.701. The van der Waals surface area contributed by atoms with Crippen molar-refractivity contribution in [2.75, 3.05) is 6.54 Å². The summed E-state index contributed by atoms with van der Waals surface area (Å²) in [5, 5.41) is 2.77. The van der Waals surface area contributed by atoms with Gasteiger partial charge in [-0.05, 0) is 19.3 Å². The molecule has 0 aromatic heterocycles. The maximum absolute atomic E-state index is 11.8. The number of hydrogen-bond donors (Lipinski definition) is 2. The fraction of sp³-hybridized carbons (Fsp3) is 1.00. The first kappa shape index (κ1) is 12.9. The summed E-state index contributed by atoms with van der Waals surface area (Å²) in [7, 11) is -3.14. The van der Waals surface area contributed by atoms with Crippen LogP contribution in [0.2, 0.25) is 0 Å². The summed E-state index contributed by atoms with van der Waals surface area (Å²) in [6.07, 6.45) is 0.976. The van der Waals surface area contributed by atoms with Gasteiger partial charge in [-0.3, -0.25) is 0 Å². The fourth-order valence-electron chi connectivity index (χ4n) is 1.32. The molecule has 1 fully saturated rings. The molecule has 2 N–H and O–H groups in total. The Labute approximate surface area is 92.9 Å². The topological polar surface area (TPSA) is 58.2 Å². The van der Waals surface area contributed by atoms with E-state index in [1.54, 1.807) is 6.92 Å². The summed E-state index contributed by atoms with van der Waals surface area (Å²) < 4.78 is 26.3. The van der Waals surface area contributed by atoms with Crippen molar-refractivity contribution in [3.63, 3.8) is 0 Å². The second-order valence-corrected chi connectivity index (χ2v) is 6.99. The first-order valence-corrected chi connectivity index (χ1v) is 7.12. The van der Waals surface area contributed by atoms with Crippen LogP contribution in [0.1, 0.15) is 34.1 Å². The van der Waals surface area contributed by atoms with E-state index < -0.39 is 10.0 Å². The van der Waals surface area contributed by atoms with Gasteiger partial charge in [-0.2, -0.15) is 0 Å². The highest BCUT2D eigenvalue weighted by atomic mass is 32.2. The summed E-state index contributed by atoms with van der Waals surface area (Å²) in [6.45, 7) is 8.33. The van der Waals surface area contributed by atoms with Crippen LogP contribution in [0.5, 0.6) is 0 Å². The van der Waals surface area contributed by atoms with Gasteiger partial charge in [0, 0.05) is 18.6 Å². The Morgan fingerprint density at radius 3 is 2.27 bits per heavy atom. The van der Waals surface area contributed by atoms with Crippen molar-refractivity contribution >= 4 is 10.0 Å². The summed E-state index contributed by atoms with van der Waals surface area (Å²) in [5.74, 6) is 0.505.